The average Bonchev–Trinajstić information content (AvgIpc) is 3.07. The number of nitrogens with one attached hydrogen (secondary N) is 1. The summed E-state index contributed by atoms with van der Waals surface area (Å²) < 4.78 is 1.91. The lowest BCUT2D eigenvalue weighted by Crippen LogP contribution is -2.35. The van der Waals surface area contributed by atoms with E-state index in [-0.39, 0.29) is 30.6 Å². The monoisotopic (exact) mass is 305 g/mol. The van der Waals surface area contributed by atoms with Crippen molar-refractivity contribution >= 4 is 23.0 Å². The third kappa shape index (κ3) is 4.82. The van der Waals surface area contributed by atoms with Crippen LogP contribution < -0.4 is 5.32 Å². The molecule has 0 unspecified atom stereocenters. The van der Waals surface area contributed by atoms with Crippen LogP contribution in [-0.4, -0.2) is 27.3 Å². The van der Waals surface area contributed by atoms with Gasteiger partial charge < -0.3 is 9.88 Å². The molecule has 2 aromatic heterocycles. The zero-order valence-electron chi connectivity index (χ0n) is 12.2. The van der Waals surface area contributed by atoms with Crippen molar-refractivity contribution in [3.63, 3.8) is 0 Å². The van der Waals surface area contributed by atoms with Crippen LogP contribution in [0.2, 0.25) is 0 Å². The number of thiophene rings is 1. The molecule has 21 heavy (non-hydrogen) atoms. The Hall–Kier alpha value is -1.95. The molecule has 0 fully saturated rings. The molecule has 1 atom stereocenters. The summed E-state index contributed by atoms with van der Waals surface area (Å²) in [5.74, 6) is -0.0604. The SMILES string of the molecule is Cc1ccc(C(=O)CCC(=O)N[C@H](C)Cn2ccnc2)s1. The second-order valence-electron chi connectivity index (χ2n) is 5.06. The lowest BCUT2D eigenvalue weighted by molar-refractivity contribution is -0.121. The van der Waals surface area contributed by atoms with E-state index in [0.717, 1.165) is 9.75 Å². The van der Waals surface area contributed by atoms with E-state index >= 15 is 0 Å². The van der Waals surface area contributed by atoms with Gasteiger partial charge in [0, 0.05) is 42.7 Å². The smallest absolute Gasteiger partial charge is 0.220 e. The zero-order valence-corrected chi connectivity index (χ0v) is 13.0. The number of imidazole rings is 1. The molecular weight excluding hydrogens is 286 g/mol. The van der Waals surface area contributed by atoms with Gasteiger partial charge in [-0.25, -0.2) is 4.98 Å². The average molecular weight is 305 g/mol. The number of carbonyl (C=O) groups excluding carboxylic acids is 2. The van der Waals surface area contributed by atoms with Gasteiger partial charge >= 0.3 is 0 Å². The Bertz CT molecular complexity index is 604. The molecule has 2 aromatic rings. The van der Waals surface area contributed by atoms with E-state index in [2.05, 4.69) is 10.3 Å². The van der Waals surface area contributed by atoms with Gasteiger partial charge in [0.15, 0.2) is 5.78 Å². The Balaban J connectivity index is 1.73. The van der Waals surface area contributed by atoms with E-state index in [1.165, 1.54) is 11.3 Å². The van der Waals surface area contributed by atoms with Gasteiger partial charge in [0.2, 0.25) is 5.91 Å². The summed E-state index contributed by atoms with van der Waals surface area (Å²) in [6.45, 7) is 4.57. The summed E-state index contributed by atoms with van der Waals surface area (Å²) in [7, 11) is 0. The normalized spacial score (nSPS) is 12.1. The van der Waals surface area contributed by atoms with Gasteiger partial charge in [0.05, 0.1) is 11.2 Å². The summed E-state index contributed by atoms with van der Waals surface area (Å²) >= 11 is 1.47. The molecule has 0 saturated carbocycles. The summed E-state index contributed by atoms with van der Waals surface area (Å²) in [4.78, 5) is 29.6. The highest BCUT2D eigenvalue weighted by Gasteiger charge is 2.12. The van der Waals surface area contributed by atoms with Crippen LogP contribution >= 0.6 is 11.3 Å². The fraction of sp³-hybridized carbons (Fsp3) is 0.400. The number of carbonyl (C=O) groups is 2. The van der Waals surface area contributed by atoms with E-state index in [1.54, 1.807) is 12.5 Å². The molecule has 112 valence electrons. The van der Waals surface area contributed by atoms with Crippen molar-refractivity contribution < 1.29 is 9.59 Å². The number of nitrogens with zero attached hydrogens (tertiary/aromatic N) is 2. The molecule has 0 aliphatic rings. The molecule has 2 heterocycles. The molecule has 1 N–H and O–H groups in total. The first-order chi connectivity index (χ1) is 10.0. The maximum absolute atomic E-state index is 11.9. The lowest BCUT2D eigenvalue weighted by Gasteiger charge is -2.14. The first-order valence-corrected chi connectivity index (χ1v) is 7.71. The first kappa shape index (κ1) is 15.4. The fourth-order valence-electron chi connectivity index (χ4n) is 2.04. The number of rotatable bonds is 7. The lowest BCUT2D eigenvalue weighted by atomic mass is 10.2. The maximum atomic E-state index is 11.9. The number of amides is 1. The fourth-order valence-corrected chi connectivity index (χ4v) is 2.87. The second kappa shape index (κ2) is 7.17. The predicted molar refractivity (Wildman–Crippen MR) is 82.5 cm³/mol. The van der Waals surface area contributed by atoms with Crippen molar-refractivity contribution in [3.8, 4) is 0 Å². The number of hydrogen-bond donors (Lipinski definition) is 1. The first-order valence-electron chi connectivity index (χ1n) is 6.89. The highest BCUT2D eigenvalue weighted by molar-refractivity contribution is 7.14. The molecule has 0 bridgehead atoms. The van der Waals surface area contributed by atoms with Gasteiger partial charge in [-0.1, -0.05) is 0 Å². The quantitative estimate of drug-likeness (QED) is 0.799. The molecule has 0 spiro atoms. The Labute approximate surface area is 128 Å². The molecule has 0 aliphatic carbocycles. The molecule has 6 heteroatoms. The molecule has 0 radical (unpaired) electrons. The van der Waals surface area contributed by atoms with Crippen molar-refractivity contribution in [3.05, 3.63) is 40.6 Å². The van der Waals surface area contributed by atoms with Crippen molar-refractivity contribution in [2.75, 3.05) is 0 Å². The van der Waals surface area contributed by atoms with Crippen LogP contribution in [-0.2, 0) is 11.3 Å². The number of aromatic nitrogens is 2. The summed E-state index contributed by atoms with van der Waals surface area (Å²) in [5, 5.41) is 2.89. The van der Waals surface area contributed by atoms with E-state index < -0.39 is 0 Å². The van der Waals surface area contributed by atoms with Gasteiger partial charge in [0.25, 0.3) is 0 Å². The topological polar surface area (TPSA) is 64.0 Å². The van der Waals surface area contributed by atoms with Crippen LogP contribution in [0.1, 0.15) is 34.3 Å². The highest BCUT2D eigenvalue weighted by atomic mass is 32.1. The van der Waals surface area contributed by atoms with Crippen LogP contribution in [0.25, 0.3) is 0 Å². The third-order valence-electron chi connectivity index (χ3n) is 3.05. The number of Topliss-reactive ketones (excluding diaryl/α,β-unsaturated/α-hetero) is 1. The standard InChI is InChI=1S/C15H19N3O2S/c1-11(9-18-8-7-16-10-18)17-15(20)6-4-13(19)14-5-3-12(2)21-14/h3,5,7-8,10-11H,4,6,9H2,1-2H3,(H,17,20)/t11-/m1/s1. The maximum Gasteiger partial charge on any atom is 0.220 e. The molecule has 5 nitrogen and oxygen atoms in total. The molecule has 2 rings (SSSR count). The molecule has 0 saturated heterocycles. The van der Waals surface area contributed by atoms with Crippen LogP contribution in [0.15, 0.2) is 30.9 Å². The Morgan fingerprint density at radius 1 is 1.38 bits per heavy atom. The van der Waals surface area contributed by atoms with Crippen LogP contribution in [0.3, 0.4) is 0 Å². The van der Waals surface area contributed by atoms with Gasteiger partial charge in [-0.3, -0.25) is 9.59 Å². The van der Waals surface area contributed by atoms with Crippen LogP contribution in [0.5, 0.6) is 0 Å². The molecular formula is C15H19N3O2S. The minimum absolute atomic E-state index is 0.00536. The van der Waals surface area contributed by atoms with E-state index in [4.69, 9.17) is 0 Å². The molecule has 0 aliphatic heterocycles. The highest BCUT2D eigenvalue weighted by Crippen LogP contribution is 2.17. The van der Waals surface area contributed by atoms with E-state index in [0.29, 0.717) is 6.54 Å². The summed E-state index contributed by atoms with van der Waals surface area (Å²) in [5.41, 5.74) is 0. The van der Waals surface area contributed by atoms with Crippen molar-refractivity contribution in [2.24, 2.45) is 0 Å². The van der Waals surface area contributed by atoms with Gasteiger partial charge in [-0.15, -0.1) is 11.3 Å². The van der Waals surface area contributed by atoms with Crippen molar-refractivity contribution in [1.29, 1.82) is 0 Å². The summed E-state index contributed by atoms with van der Waals surface area (Å²) in [6.07, 6.45) is 5.75. The van der Waals surface area contributed by atoms with Gasteiger partial charge in [0.1, 0.15) is 0 Å². The molecule has 0 aromatic carbocycles. The Kier molecular flexibility index (Phi) is 5.27. The van der Waals surface area contributed by atoms with E-state index in [1.807, 2.05) is 36.7 Å². The van der Waals surface area contributed by atoms with E-state index in [9.17, 15) is 9.59 Å². The molecule has 1 amide bonds. The second-order valence-corrected chi connectivity index (χ2v) is 6.35. The number of ketones is 1. The third-order valence-corrected chi connectivity index (χ3v) is 4.09. The number of aryl methyl sites for hydroxylation is 1. The predicted octanol–water partition coefficient (Wildman–Crippen LogP) is 2.42. The zero-order chi connectivity index (χ0) is 15.2. The minimum Gasteiger partial charge on any atom is -0.352 e. The Morgan fingerprint density at radius 2 is 2.19 bits per heavy atom. The van der Waals surface area contributed by atoms with Crippen molar-refractivity contribution in [1.82, 2.24) is 14.9 Å². The van der Waals surface area contributed by atoms with Crippen LogP contribution in [0, 0.1) is 6.92 Å². The van der Waals surface area contributed by atoms with Crippen molar-refractivity contribution in [2.45, 2.75) is 39.3 Å². The summed E-state index contributed by atoms with van der Waals surface area (Å²) in [6, 6.07) is 3.75. The van der Waals surface area contributed by atoms with Gasteiger partial charge in [-0.2, -0.15) is 0 Å². The van der Waals surface area contributed by atoms with Gasteiger partial charge in [-0.05, 0) is 26.0 Å². The minimum atomic E-state index is -0.0933. The number of hydrogen-bond acceptors (Lipinski definition) is 4. The largest absolute Gasteiger partial charge is 0.352 e. The van der Waals surface area contributed by atoms with Crippen LogP contribution in [0.4, 0.5) is 0 Å². The Morgan fingerprint density at radius 3 is 2.81 bits per heavy atom.